The number of aliphatic hydroxyl groups excluding tert-OH is 1. The molecule has 0 aliphatic carbocycles. The fraction of sp³-hybridized carbons (Fsp3) is 0.846. The second-order valence-corrected chi connectivity index (χ2v) is 6.74. The number of nitrogens with one attached hydrogen (secondary N) is 1. The molecular formula is C13H24N2O4S2. The zero-order valence-corrected chi connectivity index (χ0v) is 13.8. The van der Waals surface area contributed by atoms with Crippen LogP contribution in [0.1, 0.15) is 6.42 Å². The number of thioether (sulfide) groups is 2. The summed E-state index contributed by atoms with van der Waals surface area (Å²) < 4.78 is 5.19. The number of amides is 2. The number of ether oxygens (including phenoxy) is 1. The quantitative estimate of drug-likeness (QED) is 0.539. The van der Waals surface area contributed by atoms with E-state index in [9.17, 15) is 9.59 Å². The maximum absolute atomic E-state index is 11.8. The Morgan fingerprint density at radius 2 is 1.90 bits per heavy atom. The number of hydrogen-bond donors (Lipinski definition) is 2. The van der Waals surface area contributed by atoms with Gasteiger partial charge in [-0.05, 0) is 12.2 Å². The fourth-order valence-corrected chi connectivity index (χ4v) is 3.25. The van der Waals surface area contributed by atoms with E-state index >= 15 is 0 Å². The summed E-state index contributed by atoms with van der Waals surface area (Å²) in [7, 11) is 0. The molecular weight excluding hydrogens is 312 g/mol. The predicted octanol–water partition coefficient (Wildman–Crippen LogP) is -0.190. The maximum Gasteiger partial charge on any atom is 0.232 e. The van der Waals surface area contributed by atoms with Gasteiger partial charge < -0.3 is 20.1 Å². The lowest BCUT2D eigenvalue weighted by Crippen LogP contribution is -2.41. The van der Waals surface area contributed by atoms with Crippen molar-refractivity contribution in [2.75, 3.05) is 62.5 Å². The van der Waals surface area contributed by atoms with Crippen molar-refractivity contribution in [3.8, 4) is 0 Å². The predicted molar refractivity (Wildman–Crippen MR) is 86.8 cm³/mol. The first-order valence-corrected chi connectivity index (χ1v) is 9.43. The smallest absolute Gasteiger partial charge is 0.232 e. The molecule has 2 N–H and O–H groups in total. The van der Waals surface area contributed by atoms with Gasteiger partial charge in [-0.2, -0.15) is 11.8 Å². The molecule has 6 nitrogen and oxygen atoms in total. The highest BCUT2D eigenvalue weighted by atomic mass is 32.2. The van der Waals surface area contributed by atoms with Crippen LogP contribution in [-0.4, -0.2) is 84.3 Å². The van der Waals surface area contributed by atoms with E-state index in [0.717, 1.165) is 17.9 Å². The molecule has 0 aromatic heterocycles. The Morgan fingerprint density at radius 1 is 1.14 bits per heavy atom. The topological polar surface area (TPSA) is 78.9 Å². The number of carbonyl (C=O) groups excluding carboxylic acids is 2. The maximum atomic E-state index is 11.8. The Morgan fingerprint density at radius 3 is 2.62 bits per heavy atom. The average Bonchev–Trinajstić information content (AvgIpc) is 2.51. The molecule has 8 heteroatoms. The van der Waals surface area contributed by atoms with Crippen molar-refractivity contribution in [2.45, 2.75) is 6.42 Å². The lowest BCUT2D eigenvalue weighted by molar-refractivity contribution is -0.132. The van der Waals surface area contributed by atoms with Crippen LogP contribution in [-0.2, 0) is 14.3 Å². The summed E-state index contributed by atoms with van der Waals surface area (Å²) in [4.78, 5) is 25.2. The molecule has 1 saturated heterocycles. The molecule has 0 aromatic carbocycles. The average molecular weight is 336 g/mol. The van der Waals surface area contributed by atoms with Gasteiger partial charge in [0.2, 0.25) is 11.8 Å². The minimum Gasteiger partial charge on any atom is -0.396 e. The van der Waals surface area contributed by atoms with Crippen molar-refractivity contribution in [1.29, 1.82) is 0 Å². The molecule has 0 bridgehead atoms. The van der Waals surface area contributed by atoms with Crippen molar-refractivity contribution in [3.63, 3.8) is 0 Å². The summed E-state index contributed by atoms with van der Waals surface area (Å²) in [6.07, 6.45) is 0.790. The van der Waals surface area contributed by atoms with Crippen molar-refractivity contribution in [2.24, 2.45) is 0 Å². The fourth-order valence-electron chi connectivity index (χ4n) is 1.72. The van der Waals surface area contributed by atoms with Gasteiger partial charge in [-0.1, -0.05) is 0 Å². The van der Waals surface area contributed by atoms with Gasteiger partial charge in [0.1, 0.15) is 0 Å². The molecule has 0 atom stereocenters. The Labute approximate surface area is 134 Å². The van der Waals surface area contributed by atoms with Crippen LogP contribution in [0.3, 0.4) is 0 Å². The molecule has 0 aromatic rings. The van der Waals surface area contributed by atoms with Crippen LogP contribution in [0.15, 0.2) is 0 Å². The van der Waals surface area contributed by atoms with Crippen LogP contribution in [0.2, 0.25) is 0 Å². The Balaban J connectivity index is 1.96. The number of carbonyl (C=O) groups is 2. The number of nitrogens with zero attached hydrogens (tertiary/aromatic N) is 1. The van der Waals surface area contributed by atoms with Gasteiger partial charge in [0, 0.05) is 32.0 Å². The van der Waals surface area contributed by atoms with E-state index in [1.165, 1.54) is 11.8 Å². The molecule has 0 saturated carbocycles. The summed E-state index contributed by atoms with van der Waals surface area (Å²) in [5.74, 6) is 2.47. The highest BCUT2D eigenvalue weighted by molar-refractivity contribution is 8.00. The first-order valence-electron chi connectivity index (χ1n) is 7.12. The zero-order valence-electron chi connectivity index (χ0n) is 12.2. The lowest BCUT2D eigenvalue weighted by atomic mass is 10.4. The third-order valence-corrected chi connectivity index (χ3v) is 4.83. The highest BCUT2D eigenvalue weighted by Gasteiger charge is 2.16. The molecule has 1 rings (SSSR count). The van der Waals surface area contributed by atoms with Crippen molar-refractivity contribution < 1.29 is 19.4 Å². The first-order chi connectivity index (χ1) is 10.2. The van der Waals surface area contributed by atoms with Crippen molar-refractivity contribution >= 4 is 35.3 Å². The SMILES string of the molecule is O=C(CSCC(=O)N1CCOCC1)NCCSCCCO. The Kier molecular flexibility index (Phi) is 10.8. The van der Waals surface area contributed by atoms with Crippen molar-refractivity contribution in [1.82, 2.24) is 10.2 Å². The Bertz CT molecular complexity index is 313. The van der Waals surface area contributed by atoms with Gasteiger partial charge in [-0.25, -0.2) is 0 Å². The van der Waals surface area contributed by atoms with Crippen LogP contribution in [0.25, 0.3) is 0 Å². The first kappa shape index (κ1) is 18.6. The standard InChI is InChI=1S/C13H24N2O4S2/c16-5-1-8-20-9-2-14-12(17)10-21-11-13(18)15-3-6-19-7-4-15/h16H,1-11H2,(H,14,17). The molecule has 0 radical (unpaired) electrons. The molecule has 1 aliphatic rings. The Hall–Kier alpha value is -0.440. The zero-order chi connectivity index (χ0) is 15.3. The van der Waals surface area contributed by atoms with Crippen LogP contribution in [0.5, 0.6) is 0 Å². The lowest BCUT2D eigenvalue weighted by Gasteiger charge is -2.26. The third kappa shape index (κ3) is 9.23. The van der Waals surface area contributed by atoms with Crippen LogP contribution >= 0.6 is 23.5 Å². The second-order valence-electron chi connectivity index (χ2n) is 4.53. The largest absolute Gasteiger partial charge is 0.396 e. The molecule has 21 heavy (non-hydrogen) atoms. The number of aliphatic hydroxyl groups is 1. The normalized spacial score (nSPS) is 15.0. The van der Waals surface area contributed by atoms with Gasteiger partial charge in [-0.3, -0.25) is 9.59 Å². The molecule has 122 valence electrons. The second kappa shape index (κ2) is 12.1. The van der Waals surface area contributed by atoms with Crippen LogP contribution in [0.4, 0.5) is 0 Å². The number of morpholine rings is 1. The highest BCUT2D eigenvalue weighted by Crippen LogP contribution is 2.05. The van der Waals surface area contributed by atoms with Gasteiger partial charge >= 0.3 is 0 Å². The molecule has 2 amide bonds. The summed E-state index contributed by atoms with van der Waals surface area (Å²) in [5.41, 5.74) is 0. The van der Waals surface area contributed by atoms with E-state index < -0.39 is 0 Å². The number of hydrogen-bond acceptors (Lipinski definition) is 6. The summed E-state index contributed by atoms with van der Waals surface area (Å²) in [6.45, 7) is 3.35. The van der Waals surface area contributed by atoms with E-state index in [-0.39, 0.29) is 18.4 Å². The van der Waals surface area contributed by atoms with E-state index in [2.05, 4.69) is 5.32 Å². The molecule has 0 unspecified atom stereocenters. The molecule has 1 aliphatic heterocycles. The summed E-state index contributed by atoms with van der Waals surface area (Å²) in [6, 6.07) is 0. The summed E-state index contributed by atoms with van der Waals surface area (Å²) >= 11 is 3.06. The minimum absolute atomic E-state index is 0.0301. The van der Waals surface area contributed by atoms with Gasteiger partial charge in [-0.15, -0.1) is 11.8 Å². The van der Waals surface area contributed by atoms with Crippen LogP contribution in [0, 0.1) is 0 Å². The van der Waals surface area contributed by atoms with E-state index in [0.29, 0.717) is 44.4 Å². The number of rotatable bonds is 10. The van der Waals surface area contributed by atoms with Gasteiger partial charge in [0.05, 0.1) is 24.7 Å². The molecule has 0 spiro atoms. The summed E-state index contributed by atoms with van der Waals surface area (Å²) in [5, 5.41) is 11.4. The molecule has 1 heterocycles. The monoisotopic (exact) mass is 336 g/mol. The third-order valence-electron chi connectivity index (χ3n) is 2.84. The van der Waals surface area contributed by atoms with Gasteiger partial charge in [0.15, 0.2) is 0 Å². The van der Waals surface area contributed by atoms with E-state index in [4.69, 9.17) is 9.84 Å². The van der Waals surface area contributed by atoms with E-state index in [1.807, 2.05) is 0 Å². The van der Waals surface area contributed by atoms with Crippen LogP contribution < -0.4 is 5.32 Å². The van der Waals surface area contributed by atoms with Gasteiger partial charge in [0.25, 0.3) is 0 Å². The van der Waals surface area contributed by atoms with Crippen molar-refractivity contribution in [3.05, 3.63) is 0 Å². The minimum atomic E-state index is -0.0301. The van der Waals surface area contributed by atoms with E-state index in [1.54, 1.807) is 16.7 Å². The molecule has 1 fully saturated rings.